The first-order valence-electron chi connectivity index (χ1n) is 14.8. The van der Waals surface area contributed by atoms with Crippen LogP contribution in [-0.4, -0.2) is 55.6 Å². The van der Waals surface area contributed by atoms with Gasteiger partial charge in [-0.1, -0.05) is 6.07 Å². The topological polar surface area (TPSA) is 77.2 Å². The van der Waals surface area contributed by atoms with E-state index < -0.39 is 0 Å². The molecule has 0 saturated carbocycles. The van der Waals surface area contributed by atoms with Crippen LogP contribution >= 0.6 is 0 Å². The number of ether oxygens (including phenoxy) is 1. The molecule has 0 aliphatic carbocycles. The molecule has 2 saturated heterocycles. The molecule has 2 aromatic carbocycles. The van der Waals surface area contributed by atoms with E-state index >= 15 is 0 Å². The van der Waals surface area contributed by atoms with Gasteiger partial charge in [-0.05, 0) is 113 Å². The number of nitrogens with zero attached hydrogens (tertiary/aromatic N) is 5. The number of nitrogens with one attached hydrogen (secondary N) is 1. The Morgan fingerprint density at radius 3 is 2.56 bits per heavy atom. The zero-order chi connectivity index (χ0) is 28.6. The molecular formula is C33H40N6O2. The molecule has 0 unspecified atom stereocenters. The van der Waals surface area contributed by atoms with E-state index in [0.29, 0.717) is 12.2 Å². The normalized spacial score (nSPS) is 17.0. The minimum atomic E-state index is -0.223. The number of carbonyl (C=O) groups excluding carboxylic acids is 1. The Labute approximate surface area is 242 Å². The van der Waals surface area contributed by atoms with Crippen molar-refractivity contribution in [2.45, 2.75) is 64.6 Å². The van der Waals surface area contributed by atoms with Crippen LogP contribution < -0.4 is 10.1 Å². The van der Waals surface area contributed by atoms with Crippen LogP contribution in [0.2, 0.25) is 0 Å². The van der Waals surface area contributed by atoms with Gasteiger partial charge in [-0.2, -0.15) is 10.2 Å². The predicted molar refractivity (Wildman–Crippen MR) is 161 cm³/mol. The van der Waals surface area contributed by atoms with Crippen LogP contribution in [-0.2, 0) is 13.6 Å². The van der Waals surface area contributed by atoms with Gasteiger partial charge in [-0.3, -0.25) is 19.1 Å². The van der Waals surface area contributed by atoms with E-state index in [1.54, 1.807) is 4.68 Å². The summed E-state index contributed by atoms with van der Waals surface area (Å²) in [7, 11) is 1.91. The molecule has 0 bridgehead atoms. The van der Waals surface area contributed by atoms with E-state index in [-0.39, 0.29) is 17.5 Å². The van der Waals surface area contributed by atoms with Gasteiger partial charge in [0.1, 0.15) is 12.4 Å². The molecule has 4 aromatic rings. The molecule has 0 spiro atoms. The van der Waals surface area contributed by atoms with Gasteiger partial charge < -0.3 is 10.1 Å². The molecule has 4 heterocycles. The molecule has 8 nitrogen and oxygen atoms in total. The number of amides is 1. The lowest BCUT2D eigenvalue weighted by molar-refractivity contribution is 0.0937. The Hall–Kier alpha value is -3.91. The fraction of sp³-hybridized carbons (Fsp3) is 0.424. The molecular weight excluding hydrogens is 512 g/mol. The van der Waals surface area contributed by atoms with Gasteiger partial charge in [0.15, 0.2) is 0 Å². The number of hydrogen-bond acceptors (Lipinski definition) is 5. The second-order valence-electron chi connectivity index (χ2n) is 11.7. The molecule has 6 rings (SSSR count). The van der Waals surface area contributed by atoms with Crippen LogP contribution in [0.25, 0.3) is 22.4 Å². The molecule has 1 atom stereocenters. The summed E-state index contributed by atoms with van der Waals surface area (Å²) in [5, 5.41) is 12.3. The second-order valence-corrected chi connectivity index (χ2v) is 11.7. The van der Waals surface area contributed by atoms with Gasteiger partial charge in [-0.25, -0.2) is 0 Å². The lowest BCUT2D eigenvalue weighted by atomic mass is 9.95. The van der Waals surface area contributed by atoms with E-state index in [0.717, 1.165) is 45.8 Å². The van der Waals surface area contributed by atoms with Crippen molar-refractivity contribution in [2.75, 3.05) is 19.7 Å². The molecule has 41 heavy (non-hydrogen) atoms. The Kier molecular flexibility index (Phi) is 7.43. The first kappa shape index (κ1) is 27.3. The van der Waals surface area contributed by atoms with Crippen molar-refractivity contribution in [1.29, 1.82) is 0 Å². The van der Waals surface area contributed by atoms with E-state index in [1.807, 2.05) is 68.4 Å². The first-order chi connectivity index (χ1) is 19.8. The molecule has 214 valence electrons. The van der Waals surface area contributed by atoms with Crippen molar-refractivity contribution in [3.63, 3.8) is 0 Å². The van der Waals surface area contributed by atoms with E-state index in [2.05, 4.69) is 40.4 Å². The van der Waals surface area contributed by atoms with Gasteiger partial charge in [0.25, 0.3) is 5.91 Å². The highest BCUT2D eigenvalue weighted by atomic mass is 16.5. The first-order valence-corrected chi connectivity index (χ1v) is 14.8. The van der Waals surface area contributed by atoms with E-state index in [9.17, 15) is 4.79 Å². The van der Waals surface area contributed by atoms with Crippen LogP contribution in [0.1, 0.15) is 67.1 Å². The quantitative estimate of drug-likeness (QED) is 0.285. The highest BCUT2D eigenvalue weighted by molar-refractivity contribution is 5.96. The van der Waals surface area contributed by atoms with E-state index in [4.69, 9.17) is 9.84 Å². The van der Waals surface area contributed by atoms with E-state index in [1.165, 1.54) is 38.8 Å². The number of fused-ring (bicyclic) bond motifs is 1. The maximum atomic E-state index is 13.6. The smallest absolute Gasteiger partial charge is 0.252 e. The molecule has 2 aromatic heterocycles. The minimum absolute atomic E-state index is 0.106. The third-order valence-corrected chi connectivity index (χ3v) is 8.87. The standard InChI is InChI=1S/C33H40N6O2/c1-5-39-15-10-31(36-39)27-17-25(16-26(18-27)28-20-34-37(4)21-28)24(3)35-32(40)30-19-29(9-8-23(30)2)41-22-33-11-6-13-38(33)14-7-12-33/h8-10,15-21,24H,5-7,11-14,22H2,1-4H3,(H,35,40)/t24-/m1/s1. The zero-order valence-corrected chi connectivity index (χ0v) is 24.6. The van der Waals surface area contributed by atoms with Gasteiger partial charge in [0, 0.05) is 42.7 Å². The van der Waals surface area contributed by atoms with Crippen molar-refractivity contribution >= 4 is 5.91 Å². The SMILES string of the molecule is CCn1ccc(-c2cc(-c3cnn(C)c3)cc([C@@H](C)NC(=O)c3cc(OCC45CCCN4CCC5)ccc3C)c2)n1. The summed E-state index contributed by atoms with van der Waals surface area (Å²) < 4.78 is 10.1. The van der Waals surface area contributed by atoms with Gasteiger partial charge in [-0.15, -0.1) is 0 Å². The predicted octanol–water partition coefficient (Wildman–Crippen LogP) is 5.78. The molecule has 1 amide bonds. The maximum absolute atomic E-state index is 13.6. The number of aryl methyl sites for hydroxylation is 3. The largest absolute Gasteiger partial charge is 0.492 e. The van der Waals surface area contributed by atoms with Crippen molar-refractivity contribution in [3.05, 3.63) is 77.7 Å². The van der Waals surface area contributed by atoms with Crippen molar-refractivity contribution in [2.24, 2.45) is 7.05 Å². The Morgan fingerprint density at radius 2 is 1.85 bits per heavy atom. The number of aromatic nitrogens is 4. The summed E-state index contributed by atoms with van der Waals surface area (Å²) in [6, 6.07) is 14.1. The lowest BCUT2D eigenvalue weighted by Crippen LogP contribution is -2.43. The van der Waals surface area contributed by atoms with Crippen LogP contribution in [0.15, 0.2) is 61.1 Å². The van der Waals surface area contributed by atoms with Gasteiger partial charge >= 0.3 is 0 Å². The molecule has 2 fully saturated rings. The summed E-state index contributed by atoms with van der Waals surface area (Å²) in [6.07, 6.45) is 10.7. The highest BCUT2D eigenvalue weighted by Crippen LogP contribution is 2.39. The maximum Gasteiger partial charge on any atom is 0.252 e. The Morgan fingerprint density at radius 1 is 1.07 bits per heavy atom. The number of hydrogen-bond donors (Lipinski definition) is 1. The number of rotatable bonds is 9. The lowest BCUT2D eigenvalue weighted by Gasteiger charge is -2.31. The van der Waals surface area contributed by atoms with Crippen LogP contribution in [0.3, 0.4) is 0 Å². The minimum Gasteiger partial charge on any atom is -0.492 e. The Balaban J connectivity index is 1.23. The summed E-state index contributed by atoms with van der Waals surface area (Å²) in [5.74, 6) is 0.652. The second kappa shape index (κ2) is 11.2. The molecule has 8 heteroatoms. The average molecular weight is 553 g/mol. The zero-order valence-electron chi connectivity index (χ0n) is 24.6. The number of carbonyl (C=O) groups is 1. The van der Waals surface area contributed by atoms with Gasteiger partial charge in [0.2, 0.25) is 0 Å². The summed E-state index contributed by atoms with van der Waals surface area (Å²) in [4.78, 5) is 16.2. The van der Waals surface area contributed by atoms with Gasteiger partial charge in [0.05, 0.1) is 23.5 Å². The van der Waals surface area contributed by atoms with Crippen LogP contribution in [0.4, 0.5) is 0 Å². The fourth-order valence-corrected chi connectivity index (χ4v) is 6.45. The molecule has 2 aliphatic rings. The summed E-state index contributed by atoms with van der Waals surface area (Å²) >= 11 is 0. The molecule has 1 N–H and O–H groups in total. The van der Waals surface area contributed by atoms with Crippen LogP contribution in [0, 0.1) is 6.92 Å². The van der Waals surface area contributed by atoms with Crippen molar-refractivity contribution < 1.29 is 9.53 Å². The Bertz CT molecular complexity index is 1540. The fourth-order valence-electron chi connectivity index (χ4n) is 6.45. The van der Waals surface area contributed by atoms with Crippen molar-refractivity contribution in [1.82, 2.24) is 29.8 Å². The van der Waals surface area contributed by atoms with Crippen molar-refractivity contribution in [3.8, 4) is 28.1 Å². The summed E-state index contributed by atoms with van der Waals surface area (Å²) in [6.45, 7) is 9.92. The molecule has 0 radical (unpaired) electrons. The molecule has 2 aliphatic heterocycles. The highest BCUT2D eigenvalue weighted by Gasteiger charge is 2.44. The third-order valence-electron chi connectivity index (χ3n) is 8.87. The van der Waals surface area contributed by atoms with Crippen LogP contribution in [0.5, 0.6) is 5.75 Å². The number of benzene rings is 2. The summed E-state index contributed by atoms with van der Waals surface area (Å²) in [5.41, 5.74) is 6.72. The third kappa shape index (κ3) is 5.53. The average Bonchev–Trinajstić information content (AvgIpc) is 3.77. The monoisotopic (exact) mass is 552 g/mol.